The van der Waals surface area contributed by atoms with Gasteiger partial charge < -0.3 is 10.6 Å². The molecule has 1 amide bonds. The van der Waals surface area contributed by atoms with Gasteiger partial charge in [0.05, 0.1) is 34.5 Å². The van der Waals surface area contributed by atoms with E-state index in [2.05, 4.69) is 30.8 Å². The first-order chi connectivity index (χ1) is 15.0. The van der Waals surface area contributed by atoms with Crippen LogP contribution in [0, 0.1) is 6.92 Å². The van der Waals surface area contributed by atoms with Crippen LogP contribution in [0.25, 0.3) is 16.6 Å². The van der Waals surface area contributed by atoms with Gasteiger partial charge in [0.2, 0.25) is 5.95 Å². The van der Waals surface area contributed by atoms with Crippen LogP contribution < -0.4 is 16.2 Å². The van der Waals surface area contributed by atoms with E-state index in [4.69, 9.17) is 0 Å². The molecule has 2 aromatic heterocycles. The number of amides is 1. The molecule has 2 heterocycles. The van der Waals surface area contributed by atoms with E-state index in [9.17, 15) is 9.59 Å². The number of H-pyrrole nitrogens is 1. The van der Waals surface area contributed by atoms with E-state index in [-0.39, 0.29) is 17.5 Å². The van der Waals surface area contributed by atoms with Gasteiger partial charge in [0.15, 0.2) is 0 Å². The number of para-hydroxylation sites is 1. The van der Waals surface area contributed by atoms with Crippen molar-refractivity contribution in [2.24, 2.45) is 0 Å². The Morgan fingerprint density at radius 1 is 1.13 bits per heavy atom. The maximum absolute atomic E-state index is 12.8. The highest BCUT2D eigenvalue weighted by Gasteiger charge is 2.15. The number of nitrogens with zero attached hydrogens (tertiary/aromatic N) is 4. The van der Waals surface area contributed by atoms with Crippen LogP contribution in [0.2, 0.25) is 0 Å². The molecular formula is C22H23N7O2. The largest absolute Gasteiger partial charge is 0.356 e. The van der Waals surface area contributed by atoms with Crippen molar-refractivity contribution >= 4 is 22.8 Å². The number of aryl methyl sites for hydroxylation is 1. The summed E-state index contributed by atoms with van der Waals surface area (Å²) in [5, 5.41) is 14.9. The quantitative estimate of drug-likeness (QED) is 0.425. The molecule has 0 aliphatic carbocycles. The fraction of sp³-hybridized carbons (Fsp3) is 0.227. The summed E-state index contributed by atoms with van der Waals surface area (Å²) in [6, 6.07) is 12.7. The molecule has 1 atom stereocenters. The van der Waals surface area contributed by atoms with Gasteiger partial charge in [0, 0.05) is 12.6 Å². The van der Waals surface area contributed by atoms with E-state index in [1.807, 2.05) is 38.1 Å². The number of carbonyl (C=O) groups is 1. The van der Waals surface area contributed by atoms with Crippen LogP contribution in [0.3, 0.4) is 0 Å². The molecule has 158 valence electrons. The van der Waals surface area contributed by atoms with Crippen molar-refractivity contribution in [2.45, 2.75) is 26.3 Å². The maximum Gasteiger partial charge on any atom is 0.260 e. The van der Waals surface area contributed by atoms with Gasteiger partial charge in [0.1, 0.15) is 0 Å². The zero-order valence-electron chi connectivity index (χ0n) is 17.3. The molecular weight excluding hydrogens is 394 g/mol. The average molecular weight is 417 g/mol. The standard InChI is InChI=1S/C22H23N7O2/c1-14-6-5-8-17-19(14)21(31)28-22(27-17)23-11-10-15(2)26-20(30)16-7-3-4-9-18(16)29-24-12-13-25-29/h3-9,12-13,15H,10-11H2,1-2H3,(H,26,30)(H2,23,27,28,31). The molecule has 0 aliphatic heterocycles. The molecule has 31 heavy (non-hydrogen) atoms. The van der Waals surface area contributed by atoms with Crippen LogP contribution >= 0.6 is 0 Å². The Morgan fingerprint density at radius 2 is 1.90 bits per heavy atom. The number of hydrogen-bond acceptors (Lipinski definition) is 6. The number of benzene rings is 2. The van der Waals surface area contributed by atoms with E-state index in [0.29, 0.717) is 41.1 Å². The Balaban J connectivity index is 1.37. The van der Waals surface area contributed by atoms with Gasteiger partial charge >= 0.3 is 0 Å². The molecule has 9 nitrogen and oxygen atoms in total. The molecule has 2 aromatic carbocycles. The molecule has 0 saturated heterocycles. The summed E-state index contributed by atoms with van der Waals surface area (Å²) < 4.78 is 0. The van der Waals surface area contributed by atoms with Gasteiger partial charge in [-0.3, -0.25) is 14.6 Å². The minimum atomic E-state index is -0.201. The van der Waals surface area contributed by atoms with Crippen LogP contribution in [0.4, 0.5) is 5.95 Å². The van der Waals surface area contributed by atoms with Gasteiger partial charge in [-0.15, -0.1) is 0 Å². The summed E-state index contributed by atoms with van der Waals surface area (Å²) in [6.07, 6.45) is 3.77. The van der Waals surface area contributed by atoms with Crippen molar-refractivity contribution in [3.05, 3.63) is 76.3 Å². The molecule has 9 heteroatoms. The van der Waals surface area contributed by atoms with Crippen LogP contribution in [0.1, 0.15) is 29.3 Å². The minimum absolute atomic E-state index is 0.104. The van der Waals surface area contributed by atoms with Crippen LogP contribution in [0.5, 0.6) is 0 Å². The second kappa shape index (κ2) is 8.78. The zero-order valence-corrected chi connectivity index (χ0v) is 17.3. The first-order valence-electron chi connectivity index (χ1n) is 10.0. The van der Waals surface area contributed by atoms with Crippen molar-refractivity contribution in [1.82, 2.24) is 30.3 Å². The summed E-state index contributed by atoms with van der Waals surface area (Å²) >= 11 is 0. The van der Waals surface area contributed by atoms with Crippen molar-refractivity contribution in [1.29, 1.82) is 0 Å². The van der Waals surface area contributed by atoms with Crippen LogP contribution in [-0.2, 0) is 0 Å². The number of hydrogen-bond donors (Lipinski definition) is 3. The molecule has 0 saturated carbocycles. The number of rotatable bonds is 7. The van der Waals surface area contributed by atoms with E-state index >= 15 is 0 Å². The average Bonchev–Trinajstić information content (AvgIpc) is 3.28. The van der Waals surface area contributed by atoms with Crippen molar-refractivity contribution in [3.63, 3.8) is 0 Å². The van der Waals surface area contributed by atoms with Gasteiger partial charge in [-0.2, -0.15) is 15.0 Å². The molecule has 0 aliphatic rings. The highest BCUT2D eigenvalue weighted by Crippen LogP contribution is 2.14. The maximum atomic E-state index is 12.8. The monoisotopic (exact) mass is 417 g/mol. The first-order valence-corrected chi connectivity index (χ1v) is 10.0. The third-order valence-corrected chi connectivity index (χ3v) is 4.97. The molecule has 4 aromatic rings. The number of fused-ring (bicyclic) bond motifs is 1. The van der Waals surface area contributed by atoms with Crippen molar-refractivity contribution < 1.29 is 4.79 Å². The second-order valence-electron chi connectivity index (χ2n) is 7.31. The number of nitrogens with one attached hydrogen (secondary N) is 3. The lowest BCUT2D eigenvalue weighted by Gasteiger charge is -2.16. The minimum Gasteiger partial charge on any atom is -0.356 e. The molecule has 0 bridgehead atoms. The highest BCUT2D eigenvalue weighted by molar-refractivity contribution is 5.97. The number of carbonyl (C=O) groups excluding carboxylic acids is 1. The smallest absolute Gasteiger partial charge is 0.260 e. The Morgan fingerprint density at radius 3 is 2.71 bits per heavy atom. The fourth-order valence-electron chi connectivity index (χ4n) is 3.40. The van der Waals surface area contributed by atoms with Gasteiger partial charge in [-0.05, 0) is 44.0 Å². The van der Waals surface area contributed by atoms with Crippen LogP contribution in [-0.4, -0.2) is 43.5 Å². The Kier molecular flexibility index (Phi) is 5.74. The lowest BCUT2D eigenvalue weighted by Crippen LogP contribution is -2.34. The summed E-state index contributed by atoms with van der Waals surface area (Å²) in [5.41, 5.74) is 2.48. The molecule has 0 fully saturated rings. The molecule has 4 rings (SSSR count). The lowest BCUT2D eigenvalue weighted by atomic mass is 10.1. The molecule has 0 radical (unpaired) electrons. The molecule has 3 N–H and O–H groups in total. The van der Waals surface area contributed by atoms with Gasteiger partial charge in [0.25, 0.3) is 11.5 Å². The Hall–Kier alpha value is -4.01. The molecule has 0 spiro atoms. The predicted molar refractivity (Wildman–Crippen MR) is 118 cm³/mol. The van der Waals surface area contributed by atoms with Crippen molar-refractivity contribution in [3.8, 4) is 5.69 Å². The lowest BCUT2D eigenvalue weighted by molar-refractivity contribution is 0.0938. The summed E-state index contributed by atoms with van der Waals surface area (Å²) in [7, 11) is 0. The number of aromatic nitrogens is 5. The third-order valence-electron chi connectivity index (χ3n) is 4.97. The zero-order chi connectivity index (χ0) is 21.8. The van der Waals surface area contributed by atoms with E-state index < -0.39 is 0 Å². The third kappa shape index (κ3) is 4.45. The fourth-order valence-corrected chi connectivity index (χ4v) is 3.40. The topological polar surface area (TPSA) is 118 Å². The molecule has 1 unspecified atom stereocenters. The second-order valence-corrected chi connectivity index (χ2v) is 7.31. The van der Waals surface area contributed by atoms with Crippen LogP contribution in [0.15, 0.2) is 59.7 Å². The van der Waals surface area contributed by atoms with Gasteiger partial charge in [-0.25, -0.2) is 4.98 Å². The summed E-state index contributed by atoms with van der Waals surface area (Å²) in [4.78, 5) is 33.8. The van der Waals surface area contributed by atoms with E-state index in [1.165, 1.54) is 4.80 Å². The van der Waals surface area contributed by atoms with Gasteiger partial charge in [-0.1, -0.05) is 24.3 Å². The number of anilines is 1. The summed E-state index contributed by atoms with van der Waals surface area (Å²) in [5.74, 6) is 0.213. The van der Waals surface area contributed by atoms with Crippen molar-refractivity contribution in [2.75, 3.05) is 11.9 Å². The SMILES string of the molecule is Cc1cccc2nc(NCCC(C)NC(=O)c3ccccc3-n3nccn3)[nH]c(=O)c12. The first kappa shape index (κ1) is 20.3. The highest BCUT2D eigenvalue weighted by atomic mass is 16.1. The Bertz CT molecular complexity index is 1260. The van der Waals surface area contributed by atoms with E-state index in [0.717, 1.165) is 5.56 Å². The number of aromatic amines is 1. The normalized spacial score (nSPS) is 11.9. The predicted octanol–water partition coefficient (Wildman–Crippen LogP) is 2.43. The van der Waals surface area contributed by atoms with E-state index in [1.54, 1.807) is 30.6 Å². The summed E-state index contributed by atoms with van der Waals surface area (Å²) in [6.45, 7) is 4.34. The Labute approximate surface area is 178 Å².